The Bertz CT molecular complexity index is 1210. The van der Waals surface area contributed by atoms with Crippen molar-refractivity contribution in [3.63, 3.8) is 0 Å². The zero-order valence-electron chi connectivity index (χ0n) is 13.2. The third-order valence-electron chi connectivity index (χ3n) is 4.19. The Labute approximate surface area is 146 Å². The molecule has 8 heteroatoms. The molecule has 0 spiro atoms. The van der Waals surface area contributed by atoms with E-state index in [1.165, 1.54) is 24.4 Å². The number of non-ortho nitro benzene ring substituents is 1. The van der Waals surface area contributed by atoms with Gasteiger partial charge in [-0.15, -0.1) is 0 Å². The molecule has 4 rings (SSSR count). The Morgan fingerprint density at radius 3 is 2.62 bits per heavy atom. The van der Waals surface area contributed by atoms with Crippen LogP contribution >= 0.6 is 0 Å². The maximum Gasteiger partial charge on any atom is 0.279 e. The van der Waals surface area contributed by atoms with Crippen molar-refractivity contribution in [1.82, 2.24) is 9.97 Å². The van der Waals surface area contributed by atoms with Crippen LogP contribution < -0.4 is 5.73 Å². The largest absolute Gasteiger partial charge is 0.506 e. The first-order valence-corrected chi connectivity index (χ1v) is 7.61. The molecule has 4 N–H and O–H groups in total. The number of nitrogen functional groups attached to an aromatic ring is 1. The Hall–Kier alpha value is -3.94. The minimum atomic E-state index is -0.538. The smallest absolute Gasteiger partial charge is 0.279 e. The minimum absolute atomic E-state index is 0.0797. The molecular formula is C18H12N4O4. The summed E-state index contributed by atoms with van der Waals surface area (Å²) >= 11 is 0. The van der Waals surface area contributed by atoms with E-state index in [9.17, 15) is 20.3 Å². The summed E-state index contributed by atoms with van der Waals surface area (Å²) in [6.45, 7) is 0. The van der Waals surface area contributed by atoms with Gasteiger partial charge in [-0.3, -0.25) is 15.1 Å². The lowest BCUT2D eigenvalue weighted by Crippen LogP contribution is -1.95. The van der Waals surface area contributed by atoms with Gasteiger partial charge in [-0.1, -0.05) is 0 Å². The van der Waals surface area contributed by atoms with E-state index in [2.05, 4.69) is 9.97 Å². The van der Waals surface area contributed by atoms with Crippen LogP contribution in [0.15, 0.2) is 48.7 Å². The molecule has 0 aliphatic heterocycles. The van der Waals surface area contributed by atoms with E-state index >= 15 is 0 Å². The highest BCUT2D eigenvalue weighted by molar-refractivity contribution is 6.00. The number of rotatable bonds is 2. The van der Waals surface area contributed by atoms with Crippen LogP contribution in [0.4, 0.5) is 11.4 Å². The van der Waals surface area contributed by atoms with Crippen molar-refractivity contribution in [1.29, 1.82) is 0 Å². The second-order valence-corrected chi connectivity index (χ2v) is 5.72. The number of nitrogens with zero attached hydrogens (tertiary/aromatic N) is 3. The maximum atomic E-state index is 11.4. The number of benzene rings is 2. The van der Waals surface area contributed by atoms with Crippen LogP contribution in [0.3, 0.4) is 0 Å². The number of nitrogens with two attached hydrogens (primary N) is 1. The van der Waals surface area contributed by atoms with E-state index in [4.69, 9.17) is 5.73 Å². The van der Waals surface area contributed by atoms with Gasteiger partial charge in [0.25, 0.3) is 5.69 Å². The number of fused-ring (bicyclic) bond motifs is 2. The molecule has 26 heavy (non-hydrogen) atoms. The summed E-state index contributed by atoms with van der Waals surface area (Å²) in [6.07, 6.45) is 1.44. The molecule has 0 unspecified atom stereocenters. The molecule has 0 atom stereocenters. The number of nitro groups is 1. The van der Waals surface area contributed by atoms with Crippen LogP contribution in [0.25, 0.3) is 33.1 Å². The fourth-order valence-electron chi connectivity index (χ4n) is 2.93. The highest BCUT2D eigenvalue weighted by Crippen LogP contribution is 2.40. The number of hydrogen-bond acceptors (Lipinski definition) is 7. The fraction of sp³-hybridized carbons (Fsp3) is 0. The Morgan fingerprint density at radius 2 is 1.85 bits per heavy atom. The summed E-state index contributed by atoms with van der Waals surface area (Å²) < 4.78 is 0. The van der Waals surface area contributed by atoms with Crippen molar-refractivity contribution in [3.05, 3.63) is 58.8 Å². The van der Waals surface area contributed by atoms with Crippen molar-refractivity contribution in [2.45, 2.75) is 0 Å². The van der Waals surface area contributed by atoms with Gasteiger partial charge in [-0.2, -0.15) is 0 Å². The number of nitro benzene ring substituents is 1. The van der Waals surface area contributed by atoms with Gasteiger partial charge in [-0.25, -0.2) is 4.98 Å². The predicted molar refractivity (Wildman–Crippen MR) is 96.9 cm³/mol. The molecule has 2 aromatic heterocycles. The lowest BCUT2D eigenvalue weighted by Gasteiger charge is -2.10. The topological polar surface area (TPSA) is 135 Å². The molecular weight excluding hydrogens is 336 g/mol. The Kier molecular flexibility index (Phi) is 3.33. The molecule has 2 heterocycles. The summed E-state index contributed by atoms with van der Waals surface area (Å²) in [4.78, 5) is 19.3. The highest BCUT2D eigenvalue weighted by atomic mass is 16.6. The summed E-state index contributed by atoms with van der Waals surface area (Å²) in [6, 6.07) is 10.5. The van der Waals surface area contributed by atoms with Gasteiger partial charge >= 0.3 is 0 Å². The third kappa shape index (κ3) is 2.24. The van der Waals surface area contributed by atoms with E-state index in [-0.39, 0.29) is 44.9 Å². The molecule has 0 fully saturated rings. The van der Waals surface area contributed by atoms with Crippen molar-refractivity contribution in [2.75, 3.05) is 5.73 Å². The maximum absolute atomic E-state index is 11.4. The molecule has 0 aliphatic carbocycles. The number of aromatic hydroxyl groups is 2. The molecule has 2 aromatic carbocycles. The highest BCUT2D eigenvalue weighted by Gasteiger charge is 2.21. The van der Waals surface area contributed by atoms with Gasteiger partial charge in [-0.05, 0) is 36.4 Å². The molecule has 0 amide bonds. The van der Waals surface area contributed by atoms with Crippen LogP contribution in [0, 0.1) is 10.1 Å². The second kappa shape index (κ2) is 5.55. The van der Waals surface area contributed by atoms with E-state index in [1.54, 1.807) is 24.3 Å². The van der Waals surface area contributed by atoms with Crippen LogP contribution in [0.2, 0.25) is 0 Å². The second-order valence-electron chi connectivity index (χ2n) is 5.72. The van der Waals surface area contributed by atoms with Gasteiger partial charge in [0, 0.05) is 23.3 Å². The van der Waals surface area contributed by atoms with Gasteiger partial charge in [0.15, 0.2) is 5.75 Å². The lowest BCUT2D eigenvalue weighted by atomic mass is 10.0. The van der Waals surface area contributed by atoms with Gasteiger partial charge in [0.1, 0.15) is 16.8 Å². The van der Waals surface area contributed by atoms with Crippen LogP contribution in [0.5, 0.6) is 11.5 Å². The molecule has 0 saturated carbocycles. The first-order chi connectivity index (χ1) is 12.5. The number of aromatic nitrogens is 2. The number of anilines is 1. The molecule has 0 bridgehead atoms. The first kappa shape index (κ1) is 15.6. The average Bonchev–Trinajstić information content (AvgIpc) is 2.65. The summed E-state index contributed by atoms with van der Waals surface area (Å²) in [5.41, 5.74) is 6.87. The van der Waals surface area contributed by atoms with E-state index in [0.717, 1.165) is 0 Å². The third-order valence-corrected chi connectivity index (χ3v) is 4.19. The Morgan fingerprint density at radius 1 is 1.04 bits per heavy atom. The van der Waals surface area contributed by atoms with Crippen LogP contribution in [-0.4, -0.2) is 25.1 Å². The SMILES string of the molecule is Nc1ccc(O)c2nc(-c3cc([N+](=O)[O-])c4cccnc4c3O)ccc12. The number of phenols is 2. The van der Waals surface area contributed by atoms with Gasteiger partial charge in [0.05, 0.1) is 21.6 Å². The van der Waals surface area contributed by atoms with E-state index < -0.39 is 4.92 Å². The lowest BCUT2D eigenvalue weighted by molar-refractivity contribution is -0.383. The van der Waals surface area contributed by atoms with Gasteiger partial charge < -0.3 is 15.9 Å². The minimum Gasteiger partial charge on any atom is -0.506 e. The molecule has 0 radical (unpaired) electrons. The summed E-state index contributed by atoms with van der Waals surface area (Å²) in [7, 11) is 0. The normalized spacial score (nSPS) is 11.1. The van der Waals surface area contributed by atoms with Crippen LogP contribution in [0.1, 0.15) is 0 Å². The predicted octanol–water partition coefficient (Wildman–Crippen LogP) is 3.35. The number of pyridine rings is 2. The number of phenolic OH excluding ortho intramolecular Hbond substituents is 2. The van der Waals surface area contributed by atoms with E-state index in [1.807, 2.05) is 0 Å². The molecule has 0 aliphatic rings. The van der Waals surface area contributed by atoms with Crippen molar-refractivity contribution in [3.8, 4) is 22.8 Å². The van der Waals surface area contributed by atoms with Crippen molar-refractivity contribution in [2.24, 2.45) is 0 Å². The van der Waals surface area contributed by atoms with Crippen molar-refractivity contribution < 1.29 is 15.1 Å². The fourth-order valence-corrected chi connectivity index (χ4v) is 2.93. The monoisotopic (exact) mass is 348 g/mol. The number of hydrogen-bond donors (Lipinski definition) is 3. The Balaban J connectivity index is 2.06. The first-order valence-electron chi connectivity index (χ1n) is 7.61. The summed E-state index contributed by atoms with van der Waals surface area (Å²) in [5.74, 6) is -0.301. The average molecular weight is 348 g/mol. The van der Waals surface area contributed by atoms with Crippen molar-refractivity contribution >= 4 is 33.2 Å². The molecule has 0 saturated heterocycles. The zero-order valence-corrected chi connectivity index (χ0v) is 13.2. The quantitative estimate of drug-likeness (QED) is 0.219. The standard InChI is InChI=1S/C18H12N4O4/c19-12-4-6-15(23)16-9(12)3-5-13(21-16)11-8-14(22(25)26)10-2-1-7-20-17(10)18(11)24/h1-8,23-24H,19H2. The van der Waals surface area contributed by atoms with Gasteiger partial charge in [0.2, 0.25) is 0 Å². The van der Waals surface area contributed by atoms with Crippen LogP contribution in [-0.2, 0) is 0 Å². The zero-order chi connectivity index (χ0) is 18.4. The summed E-state index contributed by atoms with van der Waals surface area (Å²) in [5, 5.41) is 32.9. The molecule has 128 valence electrons. The van der Waals surface area contributed by atoms with E-state index in [0.29, 0.717) is 11.1 Å². The molecule has 4 aromatic rings. The molecule has 8 nitrogen and oxygen atoms in total.